The highest BCUT2D eigenvalue weighted by Gasteiger charge is 2.35. The second-order valence-electron chi connectivity index (χ2n) is 11.3. The maximum absolute atomic E-state index is 14.3. The molecule has 0 radical (unpaired) electrons. The number of carbonyl (C=O) groups excluding carboxylic acids is 2. The smallest absolute Gasteiger partial charge is 0.244 e. The number of ether oxygens (including phenoxy) is 2. The standard InChI is InChI=1S/C32H41N3O6S/c1-23-13-15-25(16-14-23)21-34(28(31(37)33-32(2,3)4)19-24-11-9-8-10-12-24)30(36)22-35(42(7,38)39)27-20-26(40-5)17-18-29(27)41-6/h8-18,20,28H,19,21-22H2,1-7H3,(H,33,37)/t28-/m1/s1. The summed E-state index contributed by atoms with van der Waals surface area (Å²) in [5.74, 6) is -0.229. The number of anilines is 1. The van der Waals surface area contributed by atoms with E-state index in [4.69, 9.17) is 9.47 Å². The van der Waals surface area contributed by atoms with Crippen molar-refractivity contribution in [1.82, 2.24) is 10.2 Å². The van der Waals surface area contributed by atoms with E-state index in [2.05, 4.69) is 5.32 Å². The van der Waals surface area contributed by atoms with Crippen LogP contribution in [0.1, 0.15) is 37.5 Å². The second-order valence-corrected chi connectivity index (χ2v) is 13.2. The van der Waals surface area contributed by atoms with Gasteiger partial charge in [0.1, 0.15) is 24.1 Å². The number of benzene rings is 3. The fourth-order valence-electron chi connectivity index (χ4n) is 4.48. The molecule has 0 aliphatic carbocycles. The molecule has 1 N–H and O–H groups in total. The van der Waals surface area contributed by atoms with Crippen LogP contribution in [0.2, 0.25) is 0 Å². The third-order valence-corrected chi connectivity index (χ3v) is 7.70. The third kappa shape index (κ3) is 8.97. The van der Waals surface area contributed by atoms with E-state index in [0.29, 0.717) is 5.75 Å². The minimum atomic E-state index is -3.97. The van der Waals surface area contributed by atoms with E-state index in [1.807, 2.05) is 82.3 Å². The number of amides is 2. The van der Waals surface area contributed by atoms with Crippen molar-refractivity contribution in [2.75, 3.05) is 31.3 Å². The van der Waals surface area contributed by atoms with Crippen molar-refractivity contribution in [1.29, 1.82) is 0 Å². The molecular formula is C32H41N3O6S. The van der Waals surface area contributed by atoms with Gasteiger partial charge in [0, 0.05) is 24.6 Å². The molecule has 0 spiro atoms. The van der Waals surface area contributed by atoms with Crippen LogP contribution in [-0.4, -0.2) is 63.7 Å². The highest BCUT2D eigenvalue weighted by Crippen LogP contribution is 2.34. The summed E-state index contributed by atoms with van der Waals surface area (Å²) in [6.45, 7) is 7.13. The molecule has 10 heteroatoms. The molecule has 42 heavy (non-hydrogen) atoms. The van der Waals surface area contributed by atoms with Gasteiger partial charge in [-0.15, -0.1) is 0 Å². The molecule has 0 fully saturated rings. The van der Waals surface area contributed by atoms with Crippen LogP contribution in [0.3, 0.4) is 0 Å². The van der Waals surface area contributed by atoms with Gasteiger partial charge in [-0.1, -0.05) is 60.2 Å². The topological polar surface area (TPSA) is 105 Å². The SMILES string of the molecule is COc1ccc(OC)c(N(CC(=O)N(Cc2ccc(C)cc2)[C@H](Cc2ccccc2)C(=O)NC(C)(C)C)S(C)(=O)=O)c1. The molecule has 0 aromatic heterocycles. The van der Waals surface area contributed by atoms with Gasteiger partial charge in [-0.05, 0) is 51.0 Å². The summed E-state index contributed by atoms with van der Waals surface area (Å²) < 4.78 is 38.0. The Morgan fingerprint density at radius 2 is 1.55 bits per heavy atom. The summed E-state index contributed by atoms with van der Waals surface area (Å²) in [5.41, 5.74) is 2.32. The summed E-state index contributed by atoms with van der Waals surface area (Å²) in [5, 5.41) is 3.02. The van der Waals surface area contributed by atoms with Crippen molar-refractivity contribution < 1.29 is 27.5 Å². The molecule has 0 unspecified atom stereocenters. The Kier molecular flexibility index (Phi) is 10.6. The van der Waals surface area contributed by atoms with Crippen LogP contribution in [0.4, 0.5) is 5.69 Å². The van der Waals surface area contributed by atoms with Crippen molar-refractivity contribution in [3.63, 3.8) is 0 Å². The zero-order chi connectivity index (χ0) is 31.1. The summed E-state index contributed by atoms with van der Waals surface area (Å²) in [4.78, 5) is 29.5. The number of rotatable bonds is 12. The Bertz CT molecular complexity index is 1470. The van der Waals surface area contributed by atoms with Crippen LogP contribution >= 0.6 is 0 Å². The molecule has 1 atom stereocenters. The van der Waals surface area contributed by atoms with E-state index >= 15 is 0 Å². The lowest BCUT2D eigenvalue weighted by atomic mass is 10.0. The van der Waals surface area contributed by atoms with Crippen LogP contribution < -0.4 is 19.1 Å². The van der Waals surface area contributed by atoms with E-state index in [1.54, 1.807) is 12.1 Å². The third-order valence-electron chi connectivity index (χ3n) is 6.58. The quantitative estimate of drug-likeness (QED) is 0.334. The minimum absolute atomic E-state index is 0.0982. The van der Waals surface area contributed by atoms with E-state index in [1.165, 1.54) is 25.2 Å². The first-order valence-electron chi connectivity index (χ1n) is 13.6. The summed E-state index contributed by atoms with van der Waals surface area (Å²) in [6, 6.07) is 20.9. The maximum atomic E-state index is 14.3. The lowest BCUT2D eigenvalue weighted by Crippen LogP contribution is -2.56. The number of hydrogen-bond acceptors (Lipinski definition) is 6. The highest BCUT2D eigenvalue weighted by atomic mass is 32.2. The van der Waals surface area contributed by atoms with Crippen LogP contribution in [0.25, 0.3) is 0 Å². The fourth-order valence-corrected chi connectivity index (χ4v) is 5.33. The predicted octanol–water partition coefficient (Wildman–Crippen LogP) is 4.33. The molecule has 0 saturated heterocycles. The number of sulfonamides is 1. The average Bonchev–Trinajstić information content (AvgIpc) is 2.93. The van der Waals surface area contributed by atoms with Gasteiger partial charge in [-0.2, -0.15) is 0 Å². The first-order chi connectivity index (χ1) is 19.7. The average molecular weight is 596 g/mol. The molecule has 0 aliphatic rings. The number of carbonyl (C=O) groups is 2. The number of hydrogen-bond donors (Lipinski definition) is 1. The minimum Gasteiger partial charge on any atom is -0.497 e. The Morgan fingerprint density at radius 1 is 0.905 bits per heavy atom. The summed E-state index contributed by atoms with van der Waals surface area (Å²) in [7, 11) is -1.08. The number of methoxy groups -OCH3 is 2. The zero-order valence-electron chi connectivity index (χ0n) is 25.4. The molecule has 226 valence electrons. The fraction of sp³-hybridized carbons (Fsp3) is 0.375. The van der Waals surface area contributed by atoms with Gasteiger partial charge < -0.3 is 19.7 Å². The Labute approximate surface area is 249 Å². The summed E-state index contributed by atoms with van der Waals surface area (Å²) in [6.07, 6.45) is 1.26. The molecule has 3 aromatic carbocycles. The van der Waals surface area contributed by atoms with Gasteiger partial charge in [0.05, 0.1) is 26.2 Å². The normalized spacial score (nSPS) is 12.3. The lowest BCUT2D eigenvalue weighted by molar-refractivity contribution is -0.140. The molecule has 2 amide bonds. The highest BCUT2D eigenvalue weighted by molar-refractivity contribution is 7.92. The molecule has 0 heterocycles. The van der Waals surface area contributed by atoms with Crippen LogP contribution in [0.15, 0.2) is 72.8 Å². The monoisotopic (exact) mass is 595 g/mol. The lowest BCUT2D eigenvalue weighted by Gasteiger charge is -2.35. The largest absolute Gasteiger partial charge is 0.497 e. The van der Waals surface area contributed by atoms with Gasteiger partial charge in [0.25, 0.3) is 0 Å². The Balaban J connectivity index is 2.12. The van der Waals surface area contributed by atoms with E-state index < -0.39 is 34.1 Å². The predicted molar refractivity (Wildman–Crippen MR) is 165 cm³/mol. The Hall–Kier alpha value is -4.05. The number of aryl methyl sites for hydroxylation is 1. The zero-order valence-corrected chi connectivity index (χ0v) is 26.2. The molecule has 0 saturated carbocycles. The molecule has 0 aliphatic heterocycles. The first kappa shape index (κ1) is 32.5. The van der Waals surface area contributed by atoms with Crippen LogP contribution in [-0.2, 0) is 32.6 Å². The molecule has 0 bridgehead atoms. The van der Waals surface area contributed by atoms with E-state index in [9.17, 15) is 18.0 Å². The van der Waals surface area contributed by atoms with Crippen molar-refractivity contribution in [3.05, 3.63) is 89.5 Å². The van der Waals surface area contributed by atoms with Gasteiger partial charge in [-0.25, -0.2) is 8.42 Å². The van der Waals surface area contributed by atoms with E-state index in [-0.39, 0.29) is 30.3 Å². The Morgan fingerprint density at radius 3 is 2.10 bits per heavy atom. The first-order valence-corrected chi connectivity index (χ1v) is 15.5. The van der Waals surface area contributed by atoms with Crippen molar-refractivity contribution >= 4 is 27.5 Å². The molecule has 9 nitrogen and oxygen atoms in total. The van der Waals surface area contributed by atoms with Crippen LogP contribution in [0.5, 0.6) is 11.5 Å². The molecule has 3 rings (SSSR count). The second kappa shape index (κ2) is 13.7. The van der Waals surface area contributed by atoms with Crippen LogP contribution in [0, 0.1) is 6.92 Å². The molecular weight excluding hydrogens is 554 g/mol. The van der Waals surface area contributed by atoms with Gasteiger partial charge in [-0.3, -0.25) is 13.9 Å². The van der Waals surface area contributed by atoms with Crippen molar-refractivity contribution in [3.8, 4) is 11.5 Å². The summed E-state index contributed by atoms with van der Waals surface area (Å²) >= 11 is 0. The van der Waals surface area contributed by atoms with Crippen molar-refractivity contribution in [2.24, 2.45) is 0 Å². The van der Waals surface area contributed by atoms with Gasteiger partial charge >= 0.3 is 0 Å². The number of nitrogens with zero attached hydrogens (tertiary/aromatic N) is 2. The maximum Gasteiger partial charge on any atom is 0.244 e. The van der Waals surface area contributed by atoms with Gasteiger partial charge in [0.2, 0.25) is 21.8 Å². The molecule has 3 aromatic rings. The van der Waals surface area contributed by atoms with E-state index in [0.717, 1.165) is 27.3 Å². The van der Waals surface area contributed by atoms with Gasteiger partial charge in [0.15, 0.2) is 0 Å². The van der Waals surface area contributed by atoms with Crippen molar-refractivity contribution in [2.45, 2.75) is 52.2 Å². The number of nitrogens with one attached hydrogen (secondary N) is 1.